The van der Waals surface area contributed by atoms with Crippen molar-refractivity contribution in [2.45, 2.75) is 25.0 Å². The first kappa shape index (κ1) is 17.6. The van der Waals surface area contributed by atoms with Crippen molar-refractivity contribution in [3.8, 4) is 11.3 Å². The van der Waals surface area contributed by atoms with Crippen LogP contribution in [0.15, 0.2) is 59.1 Å². The van der Waals surface area contributed by atoms with Crippen LogP contribution in [0.3, 0.4) is 0 Å². The lowest BCUT2D eigenvalue weighted by molar-refractivity contribution is 0.0495. The molecule has 0 aliphatic carbocycles. The highest BCUT2D eigenvalue weighted by Gasteiger charge is 2.43. The summed E-state index contributed by atoms with van der Waals surface area (Å²) < 4.78 is 6.83. The minimum Gasteiger partial charge on any atom is -0.376 e. The number of rotatable bonds is 4. The first-order valence-corrected chi connectivity index (χ1v) is 10.3. The van der Waals surface area contributed by atoms with E-state index in [9.17, 15) is 4.79 Å². The Morgan fingerprint density at radius 3 is 2.79 bits per heavy atom. The second kappa shape index (κ2) is 7.18. The van der Waals surface area contributed by atoms with Crippen LogP contribution < -0.4 is 0 Å². The molecule has 5 rings (SSSR count). The quantitative estimate of drug-likeness (QED) is 0.650. The molecule has 0 bridgehead atoms. The van der Waals surface area contributed by atoms with E-state index in [1.807, 2.05) is 47.4 Å². The third-order valence-electron chi connectivity index (χ3n) is 5.50. The lowest BCUT2D eigenvalue weighted by Gasteiger charge is -2.28. The zero-order valence-corrected chi connectivity index (χ0v) is 16.9. The van der Waals surface area contributed by atoms with Crippen LogP contribution in [0, 0.1) is 0 Å². The fraction of sp³-hybridized carbons (Fsp3) is 0.273. The standard InChI is InChI=1S/C22H20BrN3O2/c23-16-9-4-8-15(12-16)21-18-19(14-6-2-1-3-7-14)24-25-20(18)22(27)26(21)13-17-10-5-11-28-17/h1-4,6-9,12,17,21H,5,10-11,13H2,(H,24,25). The van der Waals surface area contributed by atoms with E-state index in [0.717, 1.165) is 46.3 Å². The maximum absolute atomic E-state index is 13.3. The highest BCUT2D eigenvalue weighted by atomic mass is 79.9. The molecule has 2 unspecified atom stereocenters. The second-order valence-corrected chi connectivity index (χ2v) is 8.19. The number of carbonyl (C=O) groups excluding carboxylic acids is 1. The van der Waals surface area contributed by atoms with Gasteiger partial charge in [0.2, 0.25) is 0 Å². The monoisotopic (exact) mass is 437 g/mol. The normalized spacial score (nSPS) is 21.3. The van der Waals surface area contributed by atoms with Gasteiger partial charge in [0.25, 0.3) is 5.91 Å². The number of hydrogen-bond acceptors (Lipinski definition) is 3. The van der Waals surface area contributed by atoms with Gasteiger partial charge in [0, 0.05) is 28.8 Å². The van der Waals surface area contributed by atoms with Crippen molar-refractivity contribution in [1.82, 2.24) is 15.1 Å². The molecule has 3 heterocycles. The van der Waals surface area contributed by atoms with Crippen LogP contribution in [-0.4, -0.2) is 40.3 Å². The number of carbonyl (C=O) groups is 1. The molecule has 2 atom stereocenters. The van der Waals surface area contributed by atoms with Gasteiger partial charge >= 0.3 is 0 Å². The first-order chi connectivity index (χ1) is 13.7. The molecule has 5 nitrogen and oxygen atoms in total. The van der Waals surface area contributed by atoms with Gasteiger partial charge in [-0.2, -0.15) is 5.10 Å². The van der Waals surface area contributed by atoms with Crippen LogP contribution >= 0.6 is 15.9 Å². The maximum Gasteiger partial charge on any atom is 0.273 e. The SMILES string of the molecule is O=C1c2[nH]nc(-c3ccccc3)c2C(c2cccc(Br)c2)N1CC1CCCO1. The molecule has 1 aromatic heterocycles. The summed E-state index contributed by atoms with van der Waals surface area (Å²) in [5.74, 6) is -0.00911. The highest BCUT2D eigenvalue weighted by Crippen LogP contribution is 2.43. The molecule has 3 aromatic rings. The number of benzene rings is 2. The number of hydrogen-bond donors (Lipinski definition) is 1. The van der Waals surface area contributed by atoms with E-state index in [2.05, 4.69) is 38.3 Å². The zero-order valence-electron chi connectivity index (χ0n) is 15.3. The summed E-state index contributed by atoms with van der Waals surface area (Å²) >= 11 is 3.58. The number of aromatic amines is 1. The van der Waals surface area contributed by atoms with Gasteiger partial charge in [-0.25, -0.2) is 0 Å². The number of halogens is 1. The number of amides is 1. The van der Waals surface area contributed by atoms with Gasteiger partial charge < -0.3 is 9.64 Å². The predicted octanol–water partition coefficient (Wildman–Crippen LogP) is 4.56. The molecular formula is C22H20BrN3O2. The molecule has 1 N–H and O–H groups in total. The van der Waals surface area contributed by atoms with Gasteiger partial charge in [-0.1, -0.05) is 58.4 Å². The Kier molecular flexibility index (Phi) is 4.53. The Balaban J connectivity index is 1.63. The minimum atomic E-state index is -0.182. The zero-order chi connectivity index (χ0) is 19.1. The second-order valence-electron chi connectivity index (χ2n) is 7.28. The summed E-state index contributed by atoms with van der Waals surface area (Å²) in [6.45, 7) is 1.36. The van der Waals surface area contributed by atoms with Crippen molar-refractivity contribution >= 4 is 21.8 Å². The molecule has 1 amide bonds. The van der Waals surface area contributed by atoms with Crippen molar-refractivity contribution < 1.29 is 9.53 Å². The van der Waals surface area contributed by atoms with Crippen LogP contribution in [0.25, 0.3) is 11.3 Å². The Bertz CT molecular complexity index is 1010. The van der Waals surface area contributed by atoms with Crippen molar-refractivity contribution in [1.29, 1.82) is 0 Å². The van der Waals surface area contributed by atoms with E-state index < -0.39 is 0 Å². The molecule has 28 heavy (non-hydrogen) atoms. The van der Waals surface area contributed by atoms with Crippen LogP contribution in [0.5, 0.6) is 0 Å². The Labute approximate surface area is 171 Å². The largest absolute Gasteiger partial charge is 0.376 e. The van der Waals surface area contributed by atoms with Crippen LogP contribution in [0.1, 0.15) is 40.5 Å². The number of aromatic nitrogens is 2. The van der Waals surface area contributed by atoms with E-state index in [-0.39, 0.29) is 18.1 Å². The number of nitrogens with one attached hydrogen (secondary N) is 1. The van der Waals surface area contributed by atoms with Gasteiger partial charge in [-0.3, -0.25) is 9.89 Å². The van der Waals surface area contributed by atoms with E-state index in [1.54, 1.807) is 0 Å². The average molecular weight is 438 g/mol. The summed E-state index contributed by atoms with van der Waals surface area (Å²) in [7, 11) is 0. The number of nitrogens with zero attached hydrogens (tertiary/aromatic N) is 2. The molecule has 142 valence electrons. The summed E-state index contributed by atoms with van der Waals surface area (Å²) in [6.07, 6.45) is 2.14. The summed E-state index contributed by atoms with van der Waals surface area (Å²) in [5, 5.41) is 7.52. The van der Waals surface area contributed by atoms with Gasteiger partial charge in [0.1, 0.15) is 5.69 Å². The van der Waals surface area contributed by atoms with Crippen LogP contribution in [0.4, 0.5) is 0 Å². The molecular weight excluding hydrogens is 418 g/mol. The molecule has 0 radical (unpaired) electrons. The molecule has 0 saturated carbocycles. The predicted molar refractivity (Wildman–Crippen MR) is 110 cm³/mol. The molecule has 2 aliphatic rings. The number of ether oxygens (including phenoxy) is 1. The lowest BCUT2D eigenvalue weighted by Crippen LogP contribution is -2.36. The van der Waals surface area contributed by atoms with E-state index in [0.29, 0.717) is 12.2 Å². The highest BCUT2D eigenvalue weighted by molar-refractivity contribution is 9.10. The van der Waals surface area contributed by atoms with Crippen molar-refractivity contribution in [3.63, 3.8) is 0 Å². The van der Waals surface area contributed by atoms with Crippen LogP contribution in [0.2, 0.25) is 0 Å². The topological polar surface area (TPSA) is 58.2 Å². The Morgan fingerprint density at radius 2 is 2.04 bits per heavy atom. The fourth-order valence-electron chi connectivity index (χ4n) is 4.23. The van der Waals surface area contributed by atoms with Crippen LogP contribution in [-0.2, 0) is 4.74 Å². The summed E-state index contributed by atoms with van der Waals surface area (Å²) in [6, 6.07) is 18.0. The summed E-state index contributed by atoms with van der Waals surface area (Å²) in [4.78, 5) is 15.2. The number of fused-ring (bicyclic) bond motifs is 1. The Morgan fingerprint density at radius 1 is 1.18 bits per heavy atom. The fourth-order valence-corrected chi connectivity index (χ4v) is 4.65. The van der Waals surface area contributed by atoms with E-state index in [1.165, 1.54) is 0 Å². The molecule has 1 saturated heterocycles. The van der Waals surface area contributed by atoms with Gasteiger partial charge in [-0.05, 0) is 30.5 Å². The molecule has 1 fully saturated rings. The van der Waals surface area contributed by atoms with E-state index >= 15 is 0 Å². The van der Waals surface area contributed by atoms with Gasteiger partial charge in [0.15, 0.2) is 0 Å². The molecule has 0 spiro atoms. The average Bonchev–Trinajstić information content (AvgIpc) is 3.42. The first-order valence-electron chi connectivity index (χ1n) is 9.54. The lowest BCUT2D eigenvalue weighted by atomic mass is 9.96. The van der Waals surface area contributed by atoms with Crippen molar-refractivity contribution in [2.75, 3.05) is 13.2 Å². The third-order valence-corrected chi connectivity index (χ3v) is 5.99. The van der Waals surface area contributed by atoms with E-state index in [4.69, 9.17) is 4.74 Å². The smallest absolute Gasteiger partial charge is 0.273 e. The molecule has 2 aliphatic heterocycles. The maximum atomic E-state index is 13.3. The third kappa shape index (κ3) is 2.97. The van der Waals surface area contributed by atoms with Gasteiger partial charge in [-0.15, -0.1) is 0 Å². The minimum absolute atomic E-state index is 0.00911. The molecule has 2 aromatic carbocycles. The summed E-state index contributed by atoms with van der Waals surface area (Å²) in [5.41, 5.74) is 4.45. The van der Waals surface area contributed by atoms with Gasteiger partial charge in [0.05, 0.1) is 17.8 Å². The molecule has 6 heteroatoms. The van der Waals surface area contributed by atoms with Crippen molar-refractivity contribution in [2.24, 2.45) is 0 Å². The number of H-pyrrole nitrogens is 1. The van der Waals surface area contributed by atoms with Crippen molar-refractivity contribution in [3.05, 3.63) is 75.9 Å². The Hall–Kier alpha value is -2.44.